The second kappa shape index (κ2) is 9.89. The van der Waals surface area contributed by atoms with Gasteiger partial charge in [0.25, 0.3) is 5.91 Å². The van der Waals surface area contributed by atoms with Crippen LogP contribution in [0.4, 0.5) is 0 Å². The molecule has 0 bridgehead atoms. The Hall–Kier alpha value is -3.12. The first-order chi connectivity index (χ1) is 14.1. The number of nitrogens with one attached hydrogen (secondary N) is 1. The Kier molecular flexibility index (Phi) is 7.03. The van der Waals surface area contributed by atoms with Crippen LogP contribution in [0.5, 0.6) is 11.5 Å². The fourth-order valence-electron chi connectivity index (χ4n) is 2.66. The zero-order valence-electron chi connectivity index (χ0n) is 16.2. The molecule has 0 unspecified atom stereocenters. The van der Waals surface area contributed by atoms with E-state index in [2.05, 4.69) is 26.5 Å². The van der Waals surface area contributed by atoms with Crippen LogP contribution in [0.15, 0.2) is 76.3 Å². The maximum atomic E-state index is 12.3. The molecule has 0 aliphatic rings. The van der Waals surface area contributed by atoms with Crippen molar-refractivity contribution in [2.24, 2.45) is 5.10 Å². The van der Waals surface area contributed by atoms with Crippen molar-refractivity contribution in [3.63, 3.8) is 0 Å². The molecule has 1 amide bonds. The molecule has 0 atom stereocenters. The third kappa shape index (κ3) is 5.68. The van der Waals surface area contributed by atoms with E-state index in [4.69, 9.17) is 9.47 Å². The molecule has 0 aromatic heterocycles. The van der Waals surface area contributed by atoms with Crippen LogP contribution < -0.4 is 14.9 Å². The Morgan fingerprint density at radius 3 is 2.59 bits per heavy atom. The van der Waals surface area contributed by atoms with Crippen molar-refractivity contribution in [3.8, 4) is 11.5 Å². The van der Waals surface area contributed by atoms with E-state index in [1.165, 1.54) is 7.11 Å². The van der Waals surface area contributed by atoms with Crippen LogP contribution in [0.2, 0.25) is 0 Å². The Bertz CT molecular complexity index is 1020. The van der Waals surface area contributed by atoms with Gasteiger partial charge in [-0.25, -0.2) is 5.43 Å². The third-order valence-electron chi connectivity index (χ3n) is 4.17. The van der Waals surface area contributed by atoms with Crippen LogP contribution in [0.1, 0.15) is 27.0 Å². The molecule has 0 aliphatic carbocycles. The molecule has 0 saturated carbocycles. The lowest BCUT2D eigenvalue weighted by molar-refractivity contribution is 0.0952. The second-order valence-corrected chi connectivity index (χ2v) is 7.22. The van der Waals surface area contributed by atoms with Gasteiger partial charge in [0.05, 0.1) is 23.4 Å². The van der Waals surface area contributed by atoms with Crippen molar-refractivity contribution in [1.82, 2.24) is 5.43 Å². The highest BCUT2D eigenvalue weighted by atomic mass is 79.9. The molecule has 0 spiro atoms. The number of carbonyl (C=O) groups is 1. The van der Waals surface area contributed by atoms with E-state index in [0.717, 1.165) is 26.9 Å². The molecular formula is C23H21BrN2O3. The number of aryl methyl sites for hydroxylation is 1. The number of halogens is 1. The number of amides is 1. The van der Waals surface area contributed by atoms with Crippen LogP contribution in [-0.2, 0) is 6.61 Å². The van der Waals surface area contributed by atoms with Gasteiger partial charge in [0.2, 0.25) is 0 Å². The summed E-state index contributed by atoms with van der Waals surface area (Å²) in [4.78, 5) is 12.3. The first kappa shape index (κ1) is 20.6. The minimum atomic E-state index is -0.333. The van der Waals surface area contributed by atoms with Crippen molar-refractivity contribution in [1.29, 1.82) is 0 Å². The van der Waals surface area contributed by atoms with Gasteiger partial charge >= 0.3 is 0 Å². The quantitative estimate of drug-likeness (QED) is 0.400. The summed E-state index contributed by atoms with van der Waals surface area (Å²) in [5.74, 6) is 0.916. The fourth-order valence-corrected chi connectivity index (χ4v) is 3.17. The van der Waals surface area contributed by atoms with Gasteiger partial charge in [-0.1, -0.05) is 36.4 Å². The number of nitrogens with zero attached hydrogens (tertiary/aromatic N) is 1. The van der Waals surface area contributed by atoms with Crippen LogP contribution in [0.25, 0.3) is 0 Å². The summed E-state index contributed by atoms with van der Waals surface area (Å²) in [6.45, 7) is 2.43. The summed E-state index contributed by atoms with van der Waals surface area (Å²) >= 11 is 3.51. The zero-order chi connectivity index (χ0) is 20.6. The van der Waals surface area contributed by atoms with Crippen LogP contribution in [0, 0.1) is 6.92 Å². The first-order valence-corrected chi connectivity index (χ1v) is 9.80. The Morgan fingerprint density at radius 1 is 1.07 bits per heavy atom. The lowest BCUT2D eigenvalue weighted by Gasteiger charge is -2.09. The molecule has 0 heterocycles. The van der Waals surface area contributed by atoms with Gasteiger partial charge < -0.3 is 9.47 Å². The maximum absolute atomic E-state index is 12.3. The van der Waals surface area contributed by atoms with Gasteiger partial charge in [0, 0.05) is 0 Å². The number of rotatable bonds is 7. The summed E-state index contributed by atoms with van der Waals surface area (Å²) in [5, 5.41) is 4.04. The van der Waals surface area contributed by atoms with Crippen LogP contribution >= 0.6 is 15.9 Å². The van der Waals surface area contributed by atoms with Crippen molar-refractivity contribution in [2.45, 2.75) is 13.5 Å². The number of hydrazone groups is 1. The minimum Gasteiger partial charge on any atom is -0.496 e. The highest BCUT2D eigenvalue weighted by Gasteiger charge is 2.11. The molecule has 0 radical (unpaired) electrons. The van der Waals surface area contributed by atoms with Crippen molar-refractivity contribution >= 4 is 28.1 Å². The molecule has 0 fully saturated rings. The second-order valence-electron chi connectivity index (χ2n) is 6.37. The van der Waals surface area contributed by atoms with E-state index in [-0.39, 0.29) is 5.91 Å². The maximum Gasteiger partial charge on any atom is 0.275 e. The fraction of sp³-hybridized carbons (Fsp3) is 0.130. The zero-order valence-corrected chi connectivity index (χ0v) is 17.8. The van der Waals surface area contributed by atoms with Gasteiger partial charge in [-0.15, -0.1) is 0 Å². The number of carbonyl (C=O) groups excluding carboxylic acids is 1. The van der Waals surface area contributed by atoms with Crippen LogP contribution in [0.3, 0.4) is 0 Å². The number of hydrogen-bond donors (Lipinski definition) is 1. The molecule has 0 saturated heterocycles. The molecule has 148 valence electrons. The van der Waals surface area contributed by atoms with E-state index in [1.807, 2.05) is 67.6 Å². The standard InChI is InChI=1S/C23H21BrN2O3/c1-16-8-10-19(22(12-16)28-2)23(27)26-25-14-18-9-11-21(20(24)13-18)29-15-17-6-4-3-5-7-17/h3-14H,15H2,1-2H3,(H,26,27)/b25-14-. The van der Waals surface area contributed by atoms with Crippen molar-refractivity contribution < 1.29 is 14.3 Å². The summed E-state index contributed by atoms with van der Waals surface area (Å²) < 4.78 is 11.9. The number of methoxy groups -OCH3 is 1. The Balaban J connectivity index is 1.61. The van der Waals surface area contributed by atoms with E-state index in [1.54, 1.807) is 12.3 Å². The predicted molar refractivity (Wildman–Crippen MR) is 118 cm³/mol. The average Bonchev–Trinajstić information content (AvgIpc) is 2.73. The van der Waals surface area contributed by atoms with Crippen LogP contribution in [-0.4, -0.2) is 19.2 Å². The summed E-state index contributed by atoms with van der Waals surface area (Å²) in [7, 11) is 1.54. The van der Waals surface area contributed by atoms with Gasteiger partial charge in [-0.05, 0) is 69.9 Å². The monoisotopic (exact) mass is 452 g/mol. The third-order valence-corrected chi connectivity index (χ3v) is 4.79. The SMILES string of the molecule is COc1cc(C)ccc1C(=O)N/N=C\c1ccc(OCc2ccccc2)c(Br)c1. The molecule has 3 aromatic rings. The minimum absolute atomic E-state index is 0.333. The lowest BCUT2D eigenvalue weighted by Crippen LogP contribution is -2.18. The number of hydrogen-bond acceptors (Lipinski definition) is 4. The van der Waals surface area contributed by atoms with Gasteiger partial charge in [-0.3, -0.25) is 4.79 Å². The van der Waals surface area contributed by atoms with Crippen molar-refractivity contribution in [3.05, 3.63) is 93.5 Å². The Morgan fingerprint density at radius 2 is 1.86 bits per heavy atom. The first-order valence-electron chi connectivity index (χ1n) is 9.01. The largest absolute Gasteiger partial charge is 0.496 e. The average molecular weight is 453 g/mol. The topological polar surface area (TPSA) is 59.9 Å². The summed E-state index contributed by atoms with van der Waals surface area (Å²) in [6.07, 6.45) is 1.57. The molecule has 3 aromatic carbocycles. The predicted octanol–water partition coefficient (Wildman–Crippen LogP) is 5.11. The molecular weight excluding hydrogens is 432 g/mol. The molecule has 3 rings (SSSR count). The Labute approximate surface area is 178 Å². The normalized spacial score (nSPS) is 10.7. The van der Waals surface area contributed by atoms with Crippen molar-refractivity contribution in [2.75, 3.05) is 7.11 Å². The molecule has 6 heteroatoms. The summed E-state index contributed by atoms with van der Waals surface area (Å²) in [5.41, 5.74) is 5.89. The number of ether oxygens (including phenoxy) is 2. The van der Waals surface area contributed by atoms with Gasteiger partial charge in [-0.2, -0.15) is 5.10 Å². The van der Waals surface area contributed by atoms with E-state index >= 15 is 0 Å². The van der Waals surface area contributed by atoms with Gasteiger partial charge in [0.1, 0.15) is 18.1 Å². The summed E-state index contributed by atoms with van der Waals surface area (Å²) in [6, 6.07) is 20.9. The molecule has 0 aliphatic heterocycles. The smallest absolute Gasteiger partial charge is 0.275 e. The highest BCUT2D eigenvalue weighted by molar-refractivity contribution is 9.10. The molecule has 29 heavy (non-hydrogen) atoms. The van der Waals surface area contributed by atoms with Gasteiger partial charge in [0.15, 0.2) is 0 Å². The van der Waals surface area contributed by atoms with E-state index in [9.17, 15) is 4.79 Å². The highest BCUT2D eigenvalue weighted by Crippen LogP contribution is 2.26. The number of benzene rings is 3. The van der Waals surface area contributed by atoms with E-state index in [0.29, 0.717) is 17.9 Å². The lowest BCUT2D eigenvalue weighted by atomic mass is 10.1. The molecule has 5 nitrogen and oxygen atoms in total. The van der Waals surface area contributed by atoms with E-state index < -0.39 is 0 Å². The molecule has 1 N–H and O–H groups in total.